The lowest BCUT2D eigenvalue weighted by Gasteiger charge is -2.12. The summed E-state index contributed by atoms with van der Waals surface area (Å²) in [6, 6.07) is 9.82. The molecule has 0 aliphatic carbocycles. The molecule has 0 spiro atoms. The van der Waals surface area contributed by atoms with E-state index in [0.717, 1.165) is 16.9 Å². The Morgan fingerprint density at radius 2 is 1.88 bits per heavy atom. The monoisotopic (exact) mass is 338 g/mol. The summed E-state index contributed by atoms with van der Waals surface area (Å²) in [7, 11) is 1.78. The number of amides is 1. The van der Waals surface area contributed by atoms with Crippen molar-refractivity contribution in [3.8, 4) is 5.69 Å². The molecule has 0 radical (unpaired) electrons. The van der Waals surface area contributed by atoms with Gasteiger partial charge in [0.25, 0.3) is 5.91 Å². The van der Waals surface area contributed by atoms with Crippen LogP contribution in [0.2, 0.25) is 0 Å². The molecule has 7 heteroatoms. The zero-order valence-electron chi connectivity index (χ0n) is 15.1. The Labute approximate surface area is 146 Å². The van der Waals surface area contributed by atoms with Gasteiger partial charge in [-0.15, -0.1) is 5.10 Å². The van der Waals surface area contributed by atoms with E-state index < -0.39 is 0 Å². The van der Waals surface area contributed by atoms with Gasteiger partial charge in [0.2, 0.25) is 5.82 Å². The summed E-state index contributed by atoms with van der Waals surface area (Å²) in [6.07, 6.45) is 0. The molecule has 25 heavy (non-hydrogen) atoms. The number of benzene rings is 1. The lowest BCUT2D eigenvalue weighted by atomic mass is 10.0. The summed E-state index contributed by atoms with van der Waals surface area (Å²) in [5.41, 5.74) is 2.93. The van der Waals surface area contributed by atoms with Gasteiger partial charge in [0.05, 0.1) is 11.4 Å². The van der Waals surface area contributed by atoms with E-state index in [2.05, 4.69) is 40.4 Å². The van der Waals surface area contributed by atoms with E-state index in [1.807, 2.05) is 32.0 Å². The first kappa shape index (κ1) is 16.9. The number of anilines is 1. The quantitative estimate of drug-likeness (QED) is 0.793. The van der Waals surface area contributed by atoms with Crippen LogP contribution in [0.3, 0.4) is 0 Å². The van der Waals surface area contributed by atoms with Crippen molar-refractivity contribution in [1.29, 1.82) is 0 Å². The average Bonchev–Trinajstić information content (AvgIpc) is 3.09. The molecular formula is C18H22N6O. The van der Waals surface area contributed by atoms with Crippen LogP contribution in [0.4, 0.5) is 5.82 Å². The molecule has 7 nitrogen and oxygen atoms in total. The number of hydrogen-bond acceptors (Lipinski definition) is 4. The molecule has 0 atom stereocenters. The summed E-state index contributed by atoms with van der Waals surface area (Å²) < 4.78 is 3.34. The van der Waals surface area contributed by atoms with Crippen LogP contribution in [0.25, 0.3) is 5.69 Å². The van der Waals surface area contributed by atoms with Gasteiger partial charge >= 0.3 is 0 Å². The highest BCUT2D eigenvalue weighted by Gasteiger charge is 2.18. The molecule has 0 saturated carbocycles. The number of carbonyl (C=O) groups is 1. The highest BCUT2D eigenvalue weighted by molar-refractivity contribution is 6.01. The minimum atomic E-state index is -0.355. The van der Waals surface area contributed by atoms with Gasteiger partial charge in [-0.25, -0.2) is 9.67 Å². The second kappa shape index (κ2) is 6.51. The number of aryl methyl sites for hydroxylation is 3. The van der Waals surface area contributed by atoms with Crippen molar-refractivity contribution in [3.63, 3.8) is 0 Å². The molecule has 0 saturated heterocycles. The molecule has 1 amide bonds. The van der Waals surface area contributed by atoms with Gasteiger partial charge in [0, 0.05) is 13.1 Å². The van der Waals surface area contributed by atoms with Crippen molar-refractivity contribution in [1.82, 2.24) is 24.5 Å². The third-order valence-electron chi connectivity index (χ3n) is 4.00. The van der Waals surface area contributed by atoms with Crippen LogP contribution in [-0.4, -0.2) is 30.5 Å². The molecule has 0 unspecified atom stereocenters. The number of carbonyl (C=O) groups excluding carboxylic acids is 1. The van der Waals surface area contributed by atoms with Gasteiger partial charge in [-0.05, 0) is 31.4 Å². The topological polar surface area (TPSA) is 77.6 Å². The zero-order valence-corrected chi connectivity index (χ0v) is 15.1. The Morgan fingerprint density at radius 3 is 2.52 bits per heavy atom. The Kier molecular flexibility index (Phi) is 4.39. The first-order chi connectivity index (χ1) is 11.9. The molecule has 2 aromatic heterocycles. The highest BCUT2D eigenvalue weighted by Crippen LogP contribution is 2.23. The van der Waals surface area contributed by atoms with Crippen LogP contribution in [0, 0.1) is 13.8 Å². The molecule has 3 aromatic rings. The first-order valence-corrected chi connectivity index (χ1v) is 8.21. The van der Waals surface area contributed by atoms with Gasteiger partial charge < -0.3 is 5.32 Å². The molecule has 0 aliphatic rings. The third kappa shape index (κ3) is 3.31. The fourth-order valence-electron chi connectivity index (χ4n) is 2.78. The highest BCUT2D eigenvalue weighted by atomic mass is 16.2. The molecule has 130 valence electrons. The smallest absolute Gasteiger partial charge is 0.296 e. The summed E-state index contributed by atoms with van der Waals surface area (Å²) in [4.78, 5) is 16.8. The van der Waals surface area contributed by atoms with E-state index in [4.69, 9.17) is 0 Å². The molecule has 3 rings (SSSR count). The van der Waals surface area contributed by atoms with Crippen molar-refractivity contribution in [2.75, 3.05) is 5.32 Å². The number of hydrogen-bond donors (Lipinski definition) is 1. The van der Waals surface area contributed by atoms with Gasteiger partial charge in [-0.3, -0.25) is 9.48 Å². The zero-order chi connectivity index (χ0) is 18.1. The fraction of sp³-hybridized carbons (Fsp3) is 0.333. The van der Waals surface area contributed by atoms with E-state index in [9.17, 15) is 4.79 Å². The first-order valence-electron chi connectivity index (χ1n) is 8.21. The molecule has 1 N–H and O–H groups in total. The Hall–Kier alpha value is -2.96. The van der Waals surface area contributed by atoms with Crippen LogP contribution in [0.5, 0.6) is 0 Å². The molecule has 1 aromatic carbocycles. The Balaban J connectivity index is 1.93. The molecule has 0 aliphatic heterocycles. The van der Waals surface area contributed by atoms with E-state index in [1.54, 1.807) is 22.5 Å². The Morgan fingerprint density at radius 1 is 1.16 bits per heavy atom. The number of aromatic nitrogens is 5. The minimum absolute atomic E-state index is 0.134. The molecular weight excluding hydrogens is 316 g/mol. The summed E-state index contributed by atoms with van der Waals surface area (Å²) in [5, 5.41) is 11.4. The predicted molar refractivity (Wildman–Crippen MR) is 96.1 cm³/mol. The third-order valence-corrected chi connectivity index (χ3v) is 4.00. The second-order valence-electron chi connectivity index (χ2n) is 6.36. The van der Waals surface area contributed by atoms with E-state index in [0.29, 0.717) is 17.6 Å². The molecule has 2 heterocycles. The maximum absolute atomic E-state index is 12.5. The number of rotatable bonds is 4. The van der Waals surface area contributed by atoms with Crippen molar-refractivity contribution < 1.29 is 4.79 Å². The minimum Gasteiger partial charge on any atom is -0.304 e. The van der Waals surface area contributed by atoms with Crippen molar-refractivity contribution in [2.45, 2.75) is 33.6 Å². The lowest BCUT2D eigenvalue weighted by molar-refractivity contribution is 0.101. The predicted octanol–water partition coefficient (Wildman–Crippen LogP) is 2.99. The SMILES string of the molecule is Cc1cc(NC(=O)c2nc(C)n(-c3ccccc3C(C)C)n2)n(C)n1. The van der Waals surface area contributed by atoms with Crippen molar-refractivity contribution in [3.05, 3.63) is 53.2 Å². The van der Waals surface area contributed by atoms with Gasteiger partial charge in [-0.1, -0.05) is 32.0 Å². The maximum atomic E-state index is 12.5. The van der Waals surface area contributed by atoms with Crippen LogP contribution in [0.1, 0.15) is 47.5 Å². The van der Waals surface area contributed by atoms with E-state index >= 15 is 0 Å². The average molecular weight is 338 g/mol. The standard InChI is InChI=1S/C18H22N6O/c1-11(2)14-8-6-7-9-15(14)24-13(4)19-17(22-24)18(25)20-16-10-12(3)21-23(16)5/h6-11H,1-5H3,(H,20,25). The van der Waals surface area contributed by atoms with E-state index in [-0.39, 0.29) is 11.7 Å². The summed E-state index contributed by atoms with van der Waals surface area (Å²) >= 11 is 0. The lowest BCUT2D eigenvalue weighted by Crippen LogP contribution is -2.16. The molecule has 0 bridgehead atoms. The number of nitrogens with zero attached hydrogens (tertiary/aromatic N) is 5. The normalized spacial score (nSPS) is 11.1. The summed E-state index contributed by atoms with van der Waals surface area (Å²) in [5.74, 6) is 1.40. The largest absolute Gasteiger partial charge is 0.304 e. The number of para-hydroxylation sites is 1. The maximum Gasteiger partial charge on any atom is 0.296 e. The van der Waals surface area contributed by atoms with Gasteiger partial charge in [0.15, 0.2) is 0 Å². The van der Waals surface area contributed by atoms with Crippen LogP contribution >= 0.6 is 0 Å². The van der Waals surface area contributed by atoms with Gasteiger partial charge in [0.1, 0.15) is 11.6 Å². The number of nitrogens with one attached hydrogen (secondary N) is 1. The Bertz CT molecular complexity index is 922. The molecule has 0 fully saturated rings. The van der Waals surface area contributed by atoms with Crippen molar-refractivity contribution >= 4 is 11.7 Å². The van der Waals surface area contributed by atoms with E-state index in [1.165, 1.54) is 0 Å². The second-order valence-corrected chi connectivity index (χ2v) is 6.36. The van der Waals surface area contributed by atoms with Crippen LogP contribution in [0.15, 0.2) is 30.3 Å². The summed E-state index contributed by atoms with van der Waals surface area (Å²) in [6.45, 7) is 7.97. The fourth-order valence-corrected chi connectivity index (χ4v) is 2.78. The van der Waals surface area contributed by atoms with Crippen molar-refractivity contribution in [2.24, 2.45) is 7.05 Å². The van der Waals surface area contributed by atoms with Gasteiger partial charge in [-0.2, -0.15) is 5.10 Å². The van der Waals surface area contributed by atoms with Crippen LogP contribution < -0.4 is 5.32 Å². The van der Waals surface area contributed by atoms with Crippen LogP contribution in [-0.2, 0) is 7.05 Å².